The van der Waals surface area contributed by atoms with Crippen molar-refractivity contribution >= 4 is 11.8 Å². The lowest BCUT2D eigenvalue weighted by Crippen LogP contribution is -2.58. The largest absolute Gasteiger partial charge is 0.379 e. The molecular formula is C14H24N2O4. The average molecular weight is 284 g/mol. The first-order valence-corrected chi connectivity index (χ1v) is 7.19. The number of likely N-dealkylation sites (tertiary alicyclic amines) is 1. The van der Waals surface area contributed by atoms with Gasteiger partial charge in [-0.05, 0) is 24.7 Å². The molecule has 2 rings (SSSR count). The summed E-state index contributed by atoms with van der Waals surface area (Å²) >= 11 is 0. The Morgan fingerprint density at radius 2 is 2.05 bits per heavy atom. The van der Waals surface area contributed by atoms with Crippen molar-refractivity contribution in [2.75, 3.05) is 40.0 Å². The summed E-state index contributed by atoms with van der Waals surface area (Å²) in [4.78, 5) is 25.1. The molecule has 6 heteroatoms. The number of hydrogen-bond donors (Lipinski definition) is 1. The zero-order chi connectivity index (χ0) is 14.6. The molecule has 20 heavy (non-hydrogen) atoms. The van der Waals surface area contributed by atoms with Crippen molar-refractivity contribution in [2.45, 2.75) is 32.2 Å². The molecule has 1 N–H and O–H groups in total. The number of piperidine rings is 1. The maximum atomic E-state index is 11.8. The van der Waals surface area contributed by atoms with E-state index in [-0.39, 0.29) is 29.9 Å². The third-order valence-corrected chi connectivity index (χ3v) is 4.58. The molecule has 0 aliphatic carbocycles. The lowest BCUT2D eigenvalue weighted by molar-refractivity contribution is -0.136. The molecule has 0 aromatic heterocycles. The second-order valence-corrected chi connectivity index (χ2v) is 5.75. The van der Waals surface area contributed by atoms with Crippen LogP contribution in [0.25, 0.3) is 0 Å². The molecule has 1 spiro atoms. The van der Waals surface area contributed by atoms with Gasteiger partial charge in [-0.1, -0.05) is 0 Å². The van der Waals surface area contributed by atoms with Crippen LogP contribution >= 0.6 is 0 Å². The van der Waals surface area contributed by atoms with Crippen LogP contribution in [0.5, 0.6) is 0 Å². The number of amides is 2. The first-order valence-electron chi connectivity index (χ1n) is 7.19. The highest BCUT2D eigenvalue weighted by molar-refractivity contribution is 5.77. The summed E-state index contributed by atoms with van der Waals surface area (Å²) < 4.78 is 10.4. The van der Waals surface area contributed by atoms with Crippen LogP contribution < -0.4 is 5.32 Å². The third kappa shape index (κ3) is 3.30. The Kier molecular flexibility index (Phi) is 4.99. The van der Waals surface area contributed by atoms with Gasteiger partial charge in [-0.15, -0.1) is 0 Å². The minimum absolute atomic E-state index is 0.0213. The minimum atomic E-state index is -0.101. The van der Waals surface area contributed by atoms with Crippen molar-refractivity contribution < 1.29 is 19.1 Å². The van der Waals surface area contributed by atoms with Gasteiger partial charge in [0.15, 0.2) is 0 Å². The maximum absolute atomic E-state index is 11.8. The van der Waals surface area contributed by atoms with Gasteiger partial charge in [0.1, 0.15) is 6.61 Å². The molecule has 1 atom stereocenters. The van der Waals surface area contributed by atoms with Crippen LogP contribution in [-0.2, 0) is 19.1 Å². The molecule has 0 saturated carbocycles. The molecule has 2 heterocycles. The summed E-state index contributed by atoms with van der Waals surface area (Å²) in [5, 5.41) is 3.03. The normalized spacial score (nSPS) is 25.5. The van der Waals surface area contributed by atoms with Crippen molar-refractivity contribution in [1.82, 2.24) is 10.2 Å². The van der Waals surface area contributed by atoms with Gasteiger partial charge in [-0.2, -0.15) is 0 Å². The maximum Gasteiger partial charge on any atom is 0.246 e. The smallest absolute Gasteiger partial charge is 0.246 e. The summed E-state index contributed by atoms with van der Waals surface area (Å²) in [6.45, 7) is 4.51. The lowest BCUT2D eigenvalue weighted by Gasteiger charge is -2.48. The van der Waals surface area contributed by atoms with Crippen LogP contribution in [-0.4, -0.2) is 62.8 Å². The molecular weight excluding hydrogens is 260 g/mol. The van der Waals surface area contributed by atoms with E-state index in [1.165, 1.54) is 7.11 Å². The van der Waals surface area contributed by atoms with Crippen LogP contribution in [0.4, 0.5) is 0 Å². The number of carbonyl (C=O) groups excluding carboxylic acids is 2. The molecule has 0 radical (unpaired) electrons. The van der Waals surface area contributed by atoms with Crippen molar-refractivity contribution in [2.24, 2.45) is 5.41 Å². The highest BCUT2D eigenvalue weighted by Gasteiger charge is 2.44. The summed E-state index contributed by atoms with van der Waals surface area (Å²) in [6, 6.07) is 0.0213. The second kappa shape index (κ2) is 6.54. The Morgan fingerprint density at radius 1 is 1.35 bits per heavy atom. The van der Waals surface area contributed by atoms with E-state index in [0.717, 1.165) is 39.0 Å². The van der Waals surface area contributed by atoms with Gasteiger partial charge in [-0.3, -0.25) is 9.59 Å². The van der Waals surface area contributed by atoms with Gasteiger partial charge in [0.25, 0.3) is 0 Å². The number of methoxy groups -OCH3 is 1. The number of carbonyl (C=O) groups is 2. The van der Waals surface area contributed by atoms with E-state index in [1.807, 2.05) is 4.90 Å². The van der Waals surface area contributed by atoms with Gasteiger partial charge in [-0.25, -0.2) is 0 Å². The fraction of sp³-hybridized carbons (Fsp3) is 0.857. The predicted octanol–water partition coefficient (Wildman–Crippen LogP) is 0.167. The molecule has 0 aromatic carbocycles. The molecule has 2 aliphatic rings. The Bertz CT molecular complexity index is 364. The first kappa shape index (κ1) is 15.3. The molecule has 0 unspecified atom stereocenters. The molecule has 2 saturated heterocycles. The van der Waals surface area contributed by atoms with E-state index in [1.54, 1.807) is 6.92 Å². The highest BCUT2D eigenvalue weighted by atomic mass is 16.5. The zero-order valence-electron chi connectivity index (χ0n) is 12.3. The van der Waals surface area contributed by atoms with Crippen molar-refractivity contribution in [3.63, 3.8) is 0 Å². The number of rotatable bonds is 3. The third-order valence-electron chi connectivity index (χ3n) is 4.58. The van der Waals surface area contributed by atoms with Crippen LogP contribution in [0, 0.1) is 5.41 Å². The SMILES string of the molecule is COCC(=O)N[C@@H]1COCCC12CCN(C(C)=O)CC2. The van der Waals surface area contributed by atoms with Crippen LogP contribution in [0.2, 0.25) is 0 Å². The Hall–Kier alpha value is -1.14. The van der Waals surface area contributed by atoms with E-state index in [9.17, 15) is 9.59 Å². The molecule has 2 fully saturated rings. The van der Waals surface area contributed by atoms with Gasteiger partial charge < -0.3 is 19.7 Å². The second-order valence-electron chi connectivity index (χ2n) is 5.75. The zero-order valence-corrected chi connectivity index (χ0v) is 12.3. The molecule has 2 amide bonds. The Morgan fingerprint density at radius 3 is 2.65 bits per heavy atom. The lowest BCUT2D eigenvalue weighted by atomic mass is 9.69. The average Bonchev–Trinajstić information content (AvgIpc) is 2.42. The van der Waals surface area contributed by atoms with Crippen molar-refractivity contribution in [3.8, 4) is 0 Å². The van der Waals surface area contributed by atoms with Gasteiger partial charge >= 0.3 is 0 Å². The van der Waals surface area contributed by atoms with E-state index in [0.29, 0.717) is 6.61 Å². The summed E-state index contributed by atoms with van der Waals surface area (Å²) in [7, 11) is 1.51. The summed E-state index contributed by atoms with van der Waals surface area (Å²) in [5.74, 6) is 0.0308. The minimum Gasteiger partial charge on any atom is -0.379 e. The number of nitrogens with one attached hydrogen (secondary N) is 1. The molecule has 2 aliphatic heterocycles. The quantitative estimate of drug-likeness (QED) is 0.802. The summed E-state index contributed by atoms with van der Waals surface area (Å²) in [6.07, 6.45) is 2.79. The van der Waals surface area contributed by atoms with Crippen LogP contribution in [0.1, 0.15) is 26.2 Å². The first-order chi connectivity index (χ1) is 9.57. The predicted molar refractivity (Wildman–Crippen MR) is 73.2 cm³/mol. The van der Waals surface area contributed by atoms with E-state index < -0.39 is 0 Å². The Balaban J connectivity index is 1.99. The Labute approximate surface area is 119 Å². The summed E-state index contributed by atoms with van der Waals surface area (Å²) in [5.41, 5.74) is 0.0631. The van der Waals surface area contributed by atoms with Crippen molar-refractivity contribution in [1.29, 1.82) is 0 Å². The fourth-order valence-corrected chi connectivity index (χ4v) is 3.25. The number of ether oxygens (including phenoxy) is 2. The van der Waals surface area contributed by atoms with Gasteiger partial charge in [0, 0.05) is 33.7 Å². The van der Waals surface area contributed by atoms with E-state index >= 15 is 0 Å². The van der Waals surface area contributed by atoms with Crippen LogP contribution in [0.15, 0.2) is 0 Å². The van der Waals surface area contributed by atoms with E-state index in [2.05, 4.69) is 5.32 Å². The van der Waals surface area contributed by atoms with Gasteiger partial charge in [0.05, 0.1) is 12.6 Å². The standard InChI is InChI=1S/C14H24N2O4/c1-11(17)16-6-3-14(4-7-16)5-8-20-9-12(14)15-13(18)10-19-2/h12H,3-10H2,1-2H3,(H,15,18)/t12-/m1/s1. The highest BCUT2D eigenvalue weighted by Crippen LogP contribution is 2.40. The molecule has 0 aromatic rings. The molecule has 114 valence electrons. The fourth-order valence-electron chi connectivity index (χ4n) is 3.25. The monoisotopic (exact) mass is 284 g/mol. The van der Waals surface area contributed by atoms with Crippen LogP contribution in [0.3, 0.4) is 0 Å². The number of nitrogens with zero attached hydrogens (tertiary/aromatic N) is 1. The van der Waals surface area contributed by atoms with Gasteiger partial charge in [0.2, 0.25) is 11.8 Å². The van der Waals surface area contributed by atoms with E-state index in [4.69, 9.17) is 9.47 Å². The molecule has 6 nitrogen and oxygen atoms in total. The topological polar surface area (TPSA) is 67.9 Å². The number of hydrogen-bond acceptors (Lipinski definition) is 4. The molecule has 0 bridgehead atoms. The van der Waals surface area contributed by atoms with Crippen molar-refractivity contribution in [3.05, 3.63) is 0 Å².